The second-order valence-corrected chi connectivity index (χ2v) is 3.72. The highest BCUT2D eigenvalue weighted by molar-refractivity contribution is 5.79. The number of carboxylic acids is 1. The second kappa shape index (κ2) is 7.04. The Morgan fingerprint density at radius 2 is 1.95 bits per heavy atom. The van der Waals surface area contributed by atoms with Crippen LogP contribution in [0.5, 0.6) is 0 Å². The summed E-state index contributed by atoms with van der Waals surface area (Å²) < 4.78 is 4.72. The number of nitro groups is 1. The van der Waals surface area contributed by atoms with Crippen LogP contribution >= 0.6 is 0 Å². The van der Waals surface area contributed by atoms with Crippen molar-refractivity contribution in [2.24, 2.45) is 0 Å². The molecule has 0 fully saturated rings. The number of rotatable bonds is 6. The highest BCUT2D eigenvalue weighted by Crippen LogP contribution is 2.12. The number of carbonyl (C=O) groups excluding carboxylic acids is 1. The Balaban J connectivity index is 2.48. The quantitative estimate of drug-likeness (QED) is 0.503. The molecule has 0 aromatic heterocycles. The van der Waals surface area contributed by atoms with Crippen LogP contribution in [0.15, 0.2) is 24.3 Å². The topological polar surface area (TPSA) is 139 Å². The molecule has 1 aromatic rings. The van der Waals surface area contributed by atoms with Crippen molar-refractivity contribution < 1.29 is 29.5 Å². The van der Waals surface area contributed by atoms with Crippen LogP contribution in [0.2, 0.25) is 0 Å². The summed E-state index contributed by atoms with van der Waals surface area (Å²) in [4.78, 5) is 31.7. The van der Waals surface area contributed by atoms with Crippen molar-refractivity contribution >= 4 is 17.7 Å². The maximum absolute atomic E-state index is 11.2. The monoisotopic (exact) mass is 284 g/mol. The van der Waals surface area contributed by atoms with E-state index in [9.17, 15) is 19.7 Å². The van der Waals surface area contributed by atoms with Gasteiger partial charge in [0.2, 0.25) is 0 Å². The molecule has 0 radical (unpaired) electrons. The van der Waals surface area contributed by atoms with Crippen molar-refractivity contribution in [3.8, 4) is 0 Å². The Bertz CT molecular complexity index is 500. The minimum atomic E-state index is -1.45. The summed E-state index contributed by atoms with van der Waals surface area (Å²) in [5.41, 5.74) is 0.408. The number of aliphatic carboxylic acids is 1. The number of amides is 1. The molecule has 0 aliphatic heterocycles. The van der Waals surface area contributed by atoms with E-state index in [0.717, 1.165) is 0 Å². The first-order valence-corrected chi connectivity index (χ1v) is 5.44. The van der Waals surface area contributed by atoms with Gasteiger partial charge in [-0.3, -0.25) is 10.1 Å². The molecule has 0 bridgehead atoms. The lowest BCUT2D eigenvalue weighted by Crippen LogP contribution is -2.43. The van der Waals surface area contributed by atoms with Crippen LogP contribution in [0.1, 0.15) is 5.56 Å². The number of alkyl carbamates (subject to hydrolysis) is 1. The van der Waals surface area contributed by atoms with Gasteiger partial charge >= 0.3 is 12.1 Å². The first-order valence-electron chi connectivity index (χ1n) is 5.44. The standard InChI is InChI=1S/C11H12N2O7/c14-5-9(10(15)16)12-11(17)20-6-7-1-3-8(4-2-7)13(18)19/h1-4,9,14H,5-6H2,(H,12,17)(H,15,16)/t9-/m0/s1. The van der Waals surface area contributed by atoms with E-state index in [4.69, 9.17) is 14.9 Å². The average molecular weight is 284 g/mol. The summed E-state index contributed by atoms with van der Waals surface area (Å²) in [7, 11) is 0. The second-order valence-electron chi connectivity index (χ2n) is 3.72. The molecule has 1 amide bonds. The predicted octanol–water partition coefficient (Wildman–Crippen LogP) is 0.266. The molecule has 108 valence electrons. The molecule has 0 unspecified atom stereocenters. The number of benzene rings is 1. The predicted molar refractivity (Wildman–Crippen MR) is 64.9 cm³/mol. The van der Waals surface area contributed by atoms with Crippen molar-refractivity contribution in [2.75, 3.05) is 6.61 Å². The number of carbonyl (C=O) groups is 2. The van der Waals surface area contributed by atoms with Gasteiger partial charge in [0.15, 0.2) is 6.04 Å². The Morgan fingerprint density at radius 3 is 2.40 bits per heavy atom. The Hall–Kier alpha value is -2.68. The van der Waals surface area contributed by atoms with Gasteiger partial charge in [-0.25, -0.2) is 9.59 Å². The summed E-state index contributed by atoms with van der Waals surface area (Å²) >= 11 is 0. The van der Waals surface area contributed by atoms with Crippen LogP contribution in [0.3, 0.4) is 0 Å². The van der Waals surface area contributed by atoms with E-state index in [1.54, 1.807) is 0 Å². The first-order chi connectivity index (χ1) is 9.43. The SMILES string of the molecule is O=C(N[C@@H](CO)C(=O)O)OCc1ccc([N+](=O)[O-])cc1. The van der Waals surface area contributed by atoms with Gasteiger partial charge in [0.25, 0.3) is 5.69 Å². The summed E-state index contributed by atoms with van der Waals surface area (Å²) in [6, 6.07) is 3.88. The molecule has 0 saturated heterocycles. The fourth-order valence-electron chi connectivity index (χ4n) is 1.23. The maximum Gasteiger partial charge on any atom is 0.408 e. The number of carboxylic acid groups (broad SMARTS) is 1. The fourth-order valence-corrected chi connectivity index (χ4v) is 1.23. The highest BCUT2D eigenvalue weighted by atomic mass is 16.6. The number of ether oxygens (including phenoxy) is 1. The van der Waals surface area contributed by atoms with Gasteiger partial charge in [-0.15, -0.1) is 0 Å². The molecule has 1 atom stereocenters. The lowest BCUT2D eigenvalue weighted by Gasteiger charge is -2.11. The number of hydrogen-bond donors (Lipinski definition) is 3. The van der Waals surface area contributed by atoms with Gasteiger partial charge in [0, 0.05) is 12.1 Å². The van der Waals surface area contributed by atoms with E-state index in [1.165, 1.54) is 24.3 Å². The molecule has 9 heteroatoms. The van der Waals surface area contributed by atoms with E-state index < -0.39 is 29.6 Å². The summed E-state index contributed by atoms with van der Waals surface area (Å²) in [5, 5.41) is 29.7. The summed E-state index contributed by atoms with van der Waals surface area (Å²) in [6.45, 7) is -0.941. The molecule has 9 nitrogen and oxygen atoms in total. The Kier molecular flexibility index (Phi) is 5.42. The molecular weight excluding hydrogens is 272 g/mol. The van der Waals surface area contributed by atoms with Crippen molar-refractivity contribution in [3.63, 3.8) is 0 Å². The van der Waals surface area contributed by atoms with Gasteiger partial charge in [-0.2, -0.15) is 0 Å². The van der Waals surface area contributed by atoms with Crippen LogP contribution in [-0.4, -0.2) is 39.8 Å². The number of aliphatic hydroxyl groups excluding tert-OH is 1. The third-order valence-electron chi connectivity index (χ3n) is 2.29. The Labute approximate surface area is 112 Å². The van der Waals surface area contributed by atoms with Gasteiger partial charge < -0.3 is 20.3 Å². The minimum absolute atomic E-state index is 0.0931. The van der Waals surface area contributed by atoms with Gasteiger partial charge in [0.1, 0.15) is 6.61 Å². The van der Waals surface area contributed by atoms with E-state index in [2.05, 4.69) is 0 Å². The number of nitrogens with zero attached hydrogens (tertiary/aromatic N) is 1. The average Bonchev–Trinajstić information content (AvgIpc) is 2.42. The van der Waals surface area contributed by atoms with Crippen molar-refractivity contribution in [1.82, 2.24) is 5.32 Å². The number of nitro benzene ring substituents is 1. The summed E-state index contributed by atoms with van der Waals surface area (Å²) in [5.74, 6) is -1.39. The molecule has 0 aliphatic rings. The molecule has 0 spiro atoms. The molecule has 1 rings (SSSR count). The van der Waals surface area contributed by atoms with Crippen LogP contribution < -0.4 is 5.32 Å². The van der Waals surface area contributed by atoms with Crippen LogP contribution in [0.25, 0.3) is 0 Å². The number of nitrogens with one attached hydrogen (secondary N) is 1. The molecule has 0 saturated carbocycles. The molecular formula is C11H12N2O7. The molecule has 20 heavy (non-hydrogen) atoms. The van der Waals surface area contributed by atoms with E-state index in [0.29, 0.717) is 5.56 Å². The normalized spacial score (nSPS) is 11.4. The first kappa shape index (κ1) is 15.4. The highest BCUT2D eigenvalue weighted by Gasteiger charge is 2.19. The largest absolute Gasteiger partial charge is 0.480 e. The van der Waals surface area contributed by atoms with Crippen LogP contribution in [-0.2, 0) is 16.1 Å². The molecule has 0 aliphatic carbocycles. The molecule has 0 heterocycles. The Morgan fingerprint density at radius 1 is 1.35 bits per heavy atom. The van der Waals surface area contributed by atoms with Crippen LogP contribution in [0.4, 0.5) is 10.5 Å². The molecule has 1 aromatic carbocycles. The van der Waals surface area contributed by atoms with E-state index >= 15 is 0 Å². The third-order valence-corrected chi connectivity index (χ3v) is 2.29. The van der Waals surface area contributed by atoms with Crippen molar-refractivity contribution in [3.05, 3.63) is 39.9 Å². The van der Waals surface area contributed by atoms with E-state index in [1.807, 2.05) is 5.32 Å². The van der Waals surface area contributed by atoms with Gasteiger partial charge in [-0.05, 0) is 17.7 Å². The zero-order chi connectivity index (χ0) is 15.1. The third kappa shape index (κ3) is 4.53. The number of non-ortho nitro benzene ring substituents is 1. The van der Waals surface area contributed by atoms with E-state index in [-0.39, 0.29) is 12.3 Å². The smallest absolute Gasteiger partial charge is 0.408 e. The van der Waals surface area contributed by atoms with Crippen molar-refractivity contribution in [2.45, 2.75) is 12.6 Å². The number of hydrogen-bond acceptors (Lipinski definition) is 6. The maximum atomic E-state index is 11.2. The van der Waals surface area contributed by atoms with Crippen LogP contribution in [0, 0.1) is 10.1 Å². The zero-order valence-corrected chi connectivity index (χ0v) is 10.2. The summed E-state index contributed by atoms with van der Waals surface area (Å²) in [6.07, 6.45) is -1.01. The number of aliphatic hydroxyl groups is 1. The minimum Gasteiger partial charge on any atom is -0.480 e. The molecule has 3 N–H and O–H groups in total. The van der Waals surface area contributed by atoms with Gasteiger partial charge in [0.05, 0.1) is 11.5 Å². The lowest BCUT2D eigenvalue weighted by atomic mass is 10.2. The fraction of sp³-hybridized carbons (Fsp3) is 0.273. The zero-order valence-electron chi connectivity index (χ0n) is 10.2. The van der Waals surface area contributed by atoms with Crippen molar-refractivity contribution in [1.29, 1.82) is 0 Å². The lowest BCUT2D eigenvalue weighted by molar-refractivity contribution is -0.384. The van der Waals surface area contributed by atoms with Gasteiger partial charge in [-0.1, -0.05) is 0 Å².